The smallest absolute Gasteiger partial charge is 0.313 e. The van der Waals surface area contributed by atoms with Gasteiger partial charge in [-0.05, 0) is 61.9 Å². The van der Waals surface area contributed by atoms with Crippen LogP contribution in [0.25, 0.3) is 0 Å². The summed E-state index contributed by atoms with van der Waals surface area (Å²) in [5, 5.41) is 14.1. The monoisotopic (exact) mass is 783 g/mol. The van der Waals surface area contributed by atoms with Crippen LogP contribution in [0.2, 0.25) is 5.02 Å². The summed E-state index contributed by atoms with van der Waals surface area (Å²) < 4.78 is 13.0. The van der Waals surface area contributed by atoms with Gasteiger partial charge in [0.2, 0.25) is 11.8 Å². The first-order chi connectivity index (χ1) is 24.4. The van der Waals surface area contributed by atoms with Crippen LogP contribution < -0.4 is 10.2 Å². The molecule has 3 amide bonds. The van der Waals surface area contributed by atoms with E-state index >= 15 is 0 Å². The highest BCUT2D eigenvalue weighted by Crippen LogP contribution is 2.61. The van der Waals surface area contributed by atoms with E-state index in [1.54, 1.807) is 43.3 Å². The van der Waals surface area contributed by atoms with Crippen molar-refractivity contribution >= 4 is 56.9 Å². The lowest BCUT2D eigenvalue weighted by atomic mass is 9.70. The maximum Gasteiger partial charge on any atom is 0.313 e. The van der Waals surface area contributed by atoms with Crippen LogP contribution in [0.5, 0.6) is 0 Å². The quantitative estimate of drug-likeness (QED) is 0.126. The summed E-state index contributed by atoms with van der Waals surface area (Å²) in [6.45, 7) is 13.0. The number of carbonyl (C=O) groups is 4. The van der Waals surface area contributed by atoms with Gasteiger partial charge in [0.25, 0.3) is 5.91 Å². The molecule has 0 aromatic heterocycles. The van der Waals surface area contributed by atoms with Crippen molar-refractivity contribution in [2.24, 2.45) is 17.8 Å². The van der Waals surface area contributed by atoms with Gasteiger partial charge in [-0.1, -0.05) is 83.9 Å². The highest BCUT2D eigenvalue weighted by atomic mass is 79.9. The van der Waals surface area contributed by atoms with Crippen molar-refractivity contribution in [2.75, 3.05) is 18.1 Å². The molecule has 274 valence electrons. The maximum atomic E-state index is 14.9. The van der Waals surface area contributed by atoms with Gasteiger partial charge in [-0.25, -0.2) is 0 Å². The summed E-state index contributed by atoms with van der Waals surface area (Å²) in [5.74, 6) is -3.76. The molecule has 1 spiro atoms. The zero-order valence-electron chi connectivity index (χ0n) is 29.3. The van der Waals surface area contributed by atoms with Gasteiger partial charge in [-0.2, -0.15) is 0 Å². The van der Waals surface area contributed by atoms with Crippen molar-refractivity contribution in [1.82, 2.24) is 10.2 Å². The lowest BCUT2D eigenvalue weighted by Crippen LogP contribution is -2.59. The first-order valence-electron chi connectivity index (χ1n) is 17.5. The highest BCUT2D eigenvalue weighted by Gasteiger charge is 2.77. The van der Waals surface area contributed by atoms with E-state index in [0.717, 1.165) is 0 Å². The number of likely N-dealkylation sites (tertiary alicyclic amines) is 1. The van der Waals surface area contributed by atoms with Gasteiger partial charge in [-0.15, -0.1) is 13.2 Å². The van der Waals surface area contributed by atoms with Crippen molar-refractivity contribution in [1.29, 1.82) is 0 Å². The number of ether oxygens (including phenoxy) is 2. The van der Waals surface area contributed by atoms with Gasteiger partial charge < -0.3 is 29.7 Å². The number of allylic oxidation sites excluding steroid dienone is 1. The van der Waals surface area contributed by atoms with E-state index in [1.165, 1.54) is 9.80 Å². The number of nitrogens with one attached hydrogen (secondary N) is 1. The Bertz CT molecular complexity index is 1610. The van der Waals surface area contributed by atoms with Crippen LogP contribution >= 0.6 is 27.5 Å². The van der Waals surface area contributed by atoms with E-state index in [2.05, 4.69) is 34.4 Å². The molecule has 3 heterocycles. The Morgan fingerprint density at radius 3 is 2.43 bits per heavy atom. The zero-order chi connectivity index (χ0) is 37.0. The lowest BCUT2D eigenvalue weighted by Gasteiger charge is -2.39. The molecule has 12 heteroatoms. The fourth-order valence-corrected chi connectivity index (χ4v) is 9.06. The number of alkyl halides is 1. The van der Waals surface area contributed by atoms with Crippen LogP contribution in [0.4, 0.5) is 5.69 Å². The predicted octanol–water partition coefficient (Wildman–Crippen LogP) is 5.77. The third-order valence-corrected chi connectivity index (χ3v) is 11.2. The molecular weight excluding hydrogens is 738 g/mol. The van der Waals surface area contributed by atoms with E-state index in [1.807, 2.05) is 44.2 Å². The first-order valence-corrected chi connectivity index (χ1v) is 18.8. The van der Waals surface area contributed by atoms with Crippen LogP contribution in [0.15, 0.2) is 79.9 Å². The number of nitrogens with zero attached hydrogens (tertiary/aromatic N) is 2. The van der Waals surface area contributed by atoms with Gasteiger partial charge in [0.15, 0.2) is 0 Å². The fraction of sp³-hybridized carbons (Fsp3) is 0.487. The Morgan fingerprint density at radius 2 is 1.82 bits per heavy atom. The Kier molecular flexibility index (Phi) is 12.5. The number of rotatable bonds is 16. The third-order valence-electron chi connectivity index (χ3n) is 10.1. The third kappa shape index (κ3) is 7.68. The second-order valence-corrected chi connectivity index (χ2v) is 15.7. The lowest BCUT2D eigenvalue weighted by molar-refractivity contribution is -0.162. The summed E-state index contributed by atoms with van der Waals surface area (Å²) >= 11 is 9.91. The standard InChI is InChI=1S/C39H47BrClN3O7/c1-6-8-14-30(46)42-24(5)33(25-12-10-9-11-13-25)50-38(49)31-32-36(47)44(28(22-45)20-23(3)4)35(39(32)21-29(40)34(31)51-39)37(48)43(19-7-2)27-17-15-26(41)16-18-27/h6-7,9-13,15-18,23-24,28-29,31-35,45H,1-2,8,14,19-22H2,3-5H3,(H,42,46)/t24-,28-,29?,31-,32+,33-,34-,35-,39+/m1/s1. The minimum atomic E-state index is -1.39. The molecule has 9 atom stereocenters. The second kappa shape index (κ2) is 16.4. The molecule has 2 bridgehead atoms. The highest BCUT2D eigenvalue weighted by molar-refractivity contribution is 9.09. The SMILES string of the molecule is C=CCCC(=O)N[C@H](C)[C@@H](OC(=O)[C@H]1[C@@H]2O[C@@]3(CC2Br)[C@@H]1C(=O)N([C@@H](CO)CC(C)C)[C@@H]3C(=O)N(CC=C)c1ccc(Cl)cc1)c1ccccc1. The summed E-state index contributed by atoms with van der Waals surface area (Å²) in [6.07, 6.45) is 3.06. The fourth-order valence-electron chi connectivity index (χ4n) is 7.99. The van der Waals surface area contributed by atoms with Crippen molar-refractivity contribution in [3.63, 3.8) is 0 Å². The zero-order valence-corrected chi connectivity index (χ0v) is 31.6. The molecule has 2 aromatic carbocycles. The molecule has 0 saturated carbocycles. The Morgan fingerprint density at radius 1 is 1.14 bits per heavy atom. The van der Waals surface area contributed by atoms with E-state index in [-0.39, 0.29) is 42.6 Å². The van der Waals surface area contributed by atoms with Gasteiger partial charge in [0.1, 0.15) is 17.7 Å². The Hall–Kier alpha value is -3.51. The Labute approximate surface area is 313 Å². The molecule has 3 saturated heterocycles. The van der Waals surface area contributed by atoms with Crippen molar-refractivity contribution in [3.8, 4) is 0 Å². The largest absolute Gasteiger partial charge is 0.455 e. The van der Waals surface area contributed by atoms with Crippen molar-refractivity contribution in [3.05, 3.63) is 90.5 Å². The van der Waals surface area contributed by atoms with Gasteiger partial charge in [-0.3, -0.25) is 19.2 Å². The number of anilines is 1. The summed E-state index contributed by atoms with van der Waals surface area (Å²) in [6, 6.07) is 13.4. The van der Waals surface area contributed by atoms with E-state index < -0.39 is 65.6 Å². The number of aliphatic hydroxyl groups excluding tert-OH is 1. The number of halogens is 2. The molecule has 2 N–H and O–H groups in total. The van der Waals surface area contributed by atoms with Crippen LogP contribution in [0.3, 0.4) is 0 Å². The molecule has 3 aliphatic heterocycles. The summed E-state index contributed by atoms with van der Waals surface area (Å²) in [7, 11) is 0. The first kappa shape index (κ1) is 38.7. The topological polar surface area (TPSA) is 125 Å². The van der Waals surface area contributed by atoms with Gasteiger partial charge in [0, 0.05) is 28.5 Å². The predicted molar refractivity (Wildman–Crippen MR) is 199 cm³/mol. The van der Waals surface area contributed by atoms with Gasteiger partial charge in [0.05, 0.1) is 36.6 Å². The average molecular weight is 785 g/mol. The van der Waals surface area contributed by atoms with Crippen LogP contribution in [0, 0.1) is 17.8 Å². The molecule has 0 radical (unpaired) electrons. The summed E-state index contributed by atoms with van der Waals surface area (Å²) in [4.78, 5) is 59.6. The summed E-state index contributed by atoms with van der Waals surface area (Å²) in [5.41, 5.74) is -0.168. The number of amides is 3. The number of benzene rings is 2. The molecular formula is C39H47BrClN3O7. The van der Waals surface area contributed by atoms with E-state index in [0.29, 0.717) is 29.1 Å². The molecule has 3 aliphatic rings. The molecule has 1 unspecified atom stereocenters. The second-order valence-electron chi connectivity index (χ2n) is 14.0. The normalized spacial score (nSPS) is 26.7. The number of hydrogen-bond donors (Lipinski definition) is 2. The molecule has 0 aliphatic carbocycles. The number of carbonyl (C=O) groups excluding carboxylic acids is 4. The minimum Gasteiger partial charge on any atom is -0.455 e. The van der Waals surface area contributed by atoms with Crippen LogP contribution in [0.1, 0.15) is 58.1 Å². The molecule has 5 rings (SSSR count). The average Bonchev–Trinajstić information content (AvgIpc) is 3.71. The van der Waals surface area contributed by atoms with Crippen molar-refractivity contribution in [2.45, 2.75) is 87.2 Å². The van der Waals surface area contributed by atoms with E-state index in [4.69, 9.17) is 21.1 Å². The number of fused-ring (bicyclic) bond motifs is 1. The Balaban J connectivity index is 1.55. The molecule has 10 nitrogen and oxygen atoms in total. The number of hydrogen-bond acceptors (Lipinski definition) is 7. The molecule has 51 heavy (non-hydrogen) atoms. The maximum absolute atomic E-state index is 14.9. The minimum absolute atomic E-state index is 0.0842. The molecule has 3 fully saturated rings. The number of aliphatic hydroxyl groups is 1. The van der Waals surface area contributed by atoms with Gasteiger partial charge >= 0.3 is 5.97 Å². The van der Waals surface area contributed by atoms with Crippen molar-refractivity contribution < 1.29 is 33.8 Å². The van der Waals surface area contributed by atoms with Crippen LogP contribution in [-0.4, -0.2) is 81.5 Å². The molecule has 2 aromatic rings. The van der Waals surface area contributed by atoms with Crippen LogP contribution in [-0.2, 0) is 28.7 Å². The van der Waals surface area contributed by atoms with E-state index in [9.17, 15) is 24.3 Å². The number of esters is 1.